The lowest BCUT2D eigenvalue weighted by atomic mass is 9.77. The minimum absolute atomic E-state index is 0.156. The Kier molecular flexibility index (Phi) is 3.15. The largest absolute Gasteiger partial charge is 0.350 e. The molecule has 0 saturated heterocycles. The van der Waals surface area contributed by atoms with Crippen LogP contribution in [0.4, 0.5) is 15.8 Å². The van der Waals surface area contributed by atoms with Crippen LogP contribution in [0.1, 0.15) is 66.4 Å². The summed E-state index contributed by atoms with van der Waals surface area (Å²) < 4.78 is 14.7. The molecule has 3 aliphatic heterocycles. The van der Waals surface area contributed by atoms with Crippen molar-refractivity contribution in [1.82, 2.24) is 5.32 Å². The number of nitrogens with one attached hydrogen (secondary N) is 2. The van der Waals surface area contributed by atoms with E-state index < -0.39 is 5.66 Å². The van der Waals surface area contributed by atoms with Gasteiger partial charge in [-0.2, -0.15) is 0 Å². The van der Waals surface area contributed by atoms with E-state index >= 15 is 0 Å². The molecule has 2 atom stereocenters. The molecule has 2 N–H and O–H groups in total. The maximum absolute atomic E-state index is 14.7. The van der Waals surface area contributed by atoms with Gasteiger partial charge in [0.25, 0.3) is 11.8 Å². The van der Waals surface area contributed by atoms with Crippen molar-refractivity contribution in [2.24, 2.45) is 0 Å². The van der Waals surface area contributed by atoms with Gasteiger partial charge in [-0.1, -0.05) is 31.9 Å². The summed E-state index contributed by atoms with van der Waals surface area (Å²) in [6, 6.07) is 10.1. The van der Waals surface area contributed by atoms with Crippen molar-refractivity contribution in [2.75, 3.05) is 10.2 Å². The number of fused-ring (bicyclic) bond motifs is 3. The summed E-state index contributed by atoms with van der Waals surface area (Å²) in [7, 11) is 0. The third-order valence-electron chi connectivity index (χ3n) is 7.28. The fourth-order valence-electron chi connectivity index (χ4n) is 6.10. The number of anilines is 2. The Hall–Kier alpha value is -2.89. The van der Waals surface area contributed by atoms with Gasteiger partial charge < -0.3 is 15.5 Å². The normalized spacial score (nSPS) is 28.3. The molecule has 29 heavy (non-hydrogen) atoms. The average Bonchev–Trinajstić information content (AvgIpc) is 3.24. The van der Waals surface area contributed by atoms with Gasteiger partial charge in [-0.15, -0.1) is 0 Å². The Morgan fingerprint density at radius 3 is 2.66 bits per heavy atom. The molecule has 3 heterocycles. The first kappa shape index (κ1) is 17.0. The summed E-state index contributed by atoms with van der Waals surface area (Å²) in [4.78, 5) is 28.9. The molecule has 2 aromatic rings. The second-order valence-electron chi connectivity index (χ2n) is 8.94. The van der Waals surface area contributed by atoms with E-state index in [0.29, 0.717) is 16.8 Å². The molecule has 4 aliphatic rings. The van der Waals surface area contributed by atoms with Crippen molar-refractivity contribution >= 4 is 23.2 Å². The highest BCUT2D eigenvalue weighted by Gasteiger charge is 2.62. The first-order valence-electron chi connectivity index (χ1n) is 10.3. The summed E-state index contributed by atoms with van der Waals surface area (Å²) in [6.07, 6.45) is 4.88. The maximum Gasteiger partial charge on any atom is 0.279 e. The standard InChI is InChI=1S/C23H22FN3O2/c1-13-12-22(8-4-5-9-22)27-19-16(13)10-14(24)11-17(19)23(21(27)29)25-18-7-3-2-6-15(18)20(28)26-23/h2-3,6-7,10-11,13,25H,4-5,8-9,12H2,1H3,(H,26,28). The van der Waals surface area contributed by atoms with Crippen LogP contribution >= 0.6 is 0 Å². The van der Waals surface area contributed by atoms with E-state index in [0.717, 1.165) is 43.4 Å². The van der Waals surface area contributed by atoms with Crippen LogP contribution in [0.3, 0.4) is 0 Å². The number of hydrogen-bond acceptors (Lipinski definition) is 3. The van der Waals surface area contributed by atoms with Crippen LogP contribution < -0.4 is 15.5 Å². The number of amides is 2. The molecule has 0 radical (unpaired) electrons. The van der Waals surface area contributed by atoms with E-state index in [1.807, 2.05) is 11.0 Å². The van der Waals surface area contributed by atoms with E-state index in [9.17, 15) is 14.0 Å². The van der Waals surface area contributed by atoms with Gasteiger partial charge in [-0.3, -0.25) is 9.59 Å². The predicted molar refractivity (Wildman–Crippen MR) is 107 cm³/mol. The molecule has 0 aromatic heterocycles. The van der Waals surface area contributed by atoms with Gasteiger partial charge in [0.15, 0.2) is 0 Å². The number of carbonyl (C=O) groups excluding carboxylic acids is 2. The molecule has 6 rings (SSSR count). The first-order valence-corrected chi connectivity index (χ1v) is 10.3. The zero-order chi connectivity index (χ0) is 20.0. The van der Waals surface area contributed by atoms with E-state index in [4.69, 9.17) is 0 Å². The minimum Gasteiger partial charge on any atom is -0.350 e. The van der Waals surface area contributed by atoms with Crippen molar-refractivity contribution < 1.29 is 14.0 Å². The fraction of sp³-hybridized carbons (Fsp3) is 0.391. The van der Waals surface area contributed by atoms with E-state index in [1.165, 1.54) is 6.07 Å². The van der Waals surface area contributed by atoms with Crippen LogP contribution in [-0.2, 0) is 10.5 Å². The zero-order valence-corrected chi connectivity index (χ0v) is 16.2. The van der Waals surface area contributed by atoms with Crippen LogP contribution in [-0.4, -0.2) is 17.4 Å². The minimum atomic E-state index is -1.46. The van der Waals surface area contributed by atoms with Crippen molar-refractivity contribution in [3.63, 3.8) is 0 Å². The Bertz CT molecular complexity index is 1090. The van der Waals surface area contributed by atoms with Gasteiger partial charge in [0.1, 0.15) is 5.82 Å². The second kappa shape index (κ2) is 5.38. The first-order chi connectivity index (χ1) is 14.0. The highest BCUT2D eigenvalue weighted by atomic mass is 19.1. The highest BCUT2D eigenvalue weighted by molar-refractivity contribution is 6.16. The Morgan fingerprint density at radius 2 is 1.86 bits per heavy atom. The monoisotopic (exact) mass is 391 g/mol. The van der Waals surface area contributed by atoms with Gasteiger partial charge in [0.2, 0.25) is 5.66 Å². The van der Waals surface area contributed by atoms with E-state index in [2.05, 4.69) is 17.6 Å². The molecule has 2 aromatic carbocycles. The summed E-state index contributed by atoms with van der Waals surface area (Å²) in [5, 5.41) is 6.20. The van der Waals surface area contributed by atoms with Crippen molar-refractivity contribution in [3.05, 3.63) is 58.9 Å². The summed E-state index contributed by atoms with van der Waals surface area (Å²) in [5.41, 5.74) is 1.55. The number of carbonyl (C=O) groups is 2. The van der Waals surface area contributed by atoms with E-state index in [-0.39, 0.29) is 29.1 Å². The summed E-state index contributed by atoms with van der Waals surface area (Å²) >= 11 is 0. The molecule has 1 saturated carbocycles. The Balaban J connectivity index is 1.62. The van der Waals surface area contributed by atoms with Crippen molar-refractivity contribution in [2.45, 2.75) is 56.1 Å². The van der Waals surface area contributed by atoms with Crippen LogP contribution in [0, 0.1) is 5.82 Å². The van der Waals surface area contributed by atoms with Crippen LogP contribution in [0.25, 0.3) is 0 Å². The quantitative estimate of drug-likeness (QED) is 0.714. The molecule has 0 bridgehead atoms. The van der Waals surface area contributed by atoms with Gasteiger partial charge in [0, 0.05) is 16.8 Å². The Morgan fingerprint density at radius 1 is 1.10 bits per heavy atom. The number of nitrogens with zero attached hydrogens (tertiary/aromatic N) is 1. The molecular formula is C23H22FN3O2. The maximum atomic E-state index is 14.7. The van der Waals surface area contributed by atoms with Crippen LogP contribution in [0.15, 0.2) is 36.4 Å². The van der Waals surface area contributed by atoms with Crippen LogP contribution in [0.2, 0.25) is 0 Å². The van der Waals surface area contributed by atoms with Gasteiger partial charge in [-0.25, -0.2) is 4.39 Å². The molecule has 148 valence electrons. The molecule has 2 unspecified atom stereocenters. The molecule has 5 nitrogen and oxygen atoms in total. The fourth-order valence-corrected chi connectivity index (χ4v) is 6.10. The summed E-state index contributed by atoms with van der Waals surface area (Å²) in [5.74, 6) is -0.740. The molecular weight excluding hydrogens is 369 g/mol. The lowest BCUT2D eigenvalue weighted by Gasteiger charge is -2.46. The number of halogens is 1. The van der Waals surface area contributed by atoms with Crippen molar-refractivity contribution in [1.29, 1.82) is 0 Å². The third-order valence-corrected chi connectivity index (χ3v) is 7.28. The summed E-state index contributed by atoms with van der Waals surface area (Å²) in [6.45, 7) is 2.12. The molecule has 1 fully saturated rings. The smallest absolute Gasteiger partial charge is 0.279 e. The Labute approximate surface area is 168 Å². The molecule has 6 heteroatoms. The van der Waals surface area contributed by atoms with Crippen molar-refractivity contribution in [3.8, 4) is 0 Å². The van der Waals surface area contributed by atoms with Gasteiger partial charge in [0.05, 0.1) is 11.3 Å². The molecule has 2 spiro atoms. The SMILES string of the molecule is CC1CC2(CCCC2)N2C(=O)C3(NC(=O)c4ccccc4N3)c3cc(F)cc1c32. The number of para-hydroxylation sites is 1. The predicted octanol–water partition coefficient (Wildman–Crippen LogP) is 4.00. The molecule has 2 amide bonds. The zero-order valence-electron chi connectivity index (χ0n) is 16.2. The second-order valence-corrected chi connectivity index (χ2v) is 8.94. The third kappa shape index (κ3) is 1.99. The van der Waals surface area contributed by atoms with Gasteiger partial charge in [-0.05, 0) is 55.0 Å². The lowest BCUT2D eigenvalue weighted by Crippen LogP contribution is -2.63. The van der Waals surface area contributed by atoms with E-state index in [1.54, 1.807) is 24.3 Å². The van der Waals surface area contributed by atoms with Crippen LogP contribution in [0.5, 0.6) is 0 Å². The average molecular weight is 391 g/mol. The number of benzene rings is 2. The molecule has 1 aliphatic carbocycles. The number of rotatable bonds is 0. The topological polar surface area (TPSA) is 61.4 Å². The lowest BCUT2D eigenvalue weighted by molar-refractivity contribution is -0.124. The number of hydrogen-bond donors (Lipinski definition) is 2. The van der Waals surface area contributed by atoms with Gasteiger partial charge >= 0.3 is 0 Å². The highest BCUT2D eigenvalue weighted by Crippen LogP contribution is 2.58.